The van der Waals surface area contributed by atoms with Crippen LogP contribution < -0.4 is 0 Å². The van der Waals surface area contributed by atoms with Crippen molar-refractivity contribution in [3.8, 4) is 0 Å². The van der Waals surface area contributed by atoms with Crippen LogP contribution in [0.2, 0.25) is 0 Å². The van der Waals surface area contributed by atoms with Crippen LogP contribution in [-0.4, -0.2) is 16.9 Å². The Morgan fingerprint density at radius 3 is 2.05 bits per heavy atom. The molecule has 0 amide bonds. The van der Waals surface area contributed by atoms with Gasteiger partial charge in [-0.15, -0.1) is 0 Å². The molecule has 0 aliphatic carbocycles. The first-order chi connectivity index (χ1) is 9.58. The van der Waals surface area contributed by atoms with Crippen molar-refractivity contribution in [2.24, 2.45) is 5.92 Å². The topological polar surface area (TPSA) is 54.4 Å². The SMILES string of the molecule is CC(Cc1ccc(C(=O)c2ccccc2)cc1)C(=O)O. The molecule has 1 unspecified atom stereocenters. The lowest BCUT2D eigenvalue weighted by Gasteiger charge is -2.07. The van der Waals surface area contributed by atoms with E-state index in [1.807, 2.05) is 30.3 Å². The van der Waals surface area contributed by atoms with Crippen molar-refractivity contribution in [2.45, 2.75) is 13.3 Å². The summed E-state index contributed by atoms with van der Waals surface area (Å²) in [4.78, 5) is 23.0. The molecule has 0 saturated carbocycles. The highest BCUT2D eigenvalue weighted by molar-refractivity contribution is 6.08. The van der Waals surface area contributed by atoms with Crippen LogP contribution in [0.5, 0.6) is 0 Å². The largest absolute Gasteiger partial charge is 0.481 e. The first-order valence-electron chi connectivity index (χ1n) is 6.49. The number of carboxylic acids is 1. The fraction of sp³-hybridized carbons (Fsp3) is 0.176. The molecule has 0 aliphatic rings. The zero-order chi connectivity index (χ0) is 14.5. The predicted molar refractivity (Wildman–Crippen MR) is 76.8 cm³/mol. The minimum Gasteiger partial charge on any atom is -0.481 e. The molecule has 1 N–H and O–H groups in total. The van der Waals surface area contributed by atoms with E-state index >= 15 is 0 Å². The van der Waals surface area contributed by atoms with Gasteiger partial charge >= 0.3 is 5.97 Å². The number of aliphatic carboxylic acids is 1. The Morgan fingerprint density at radius 1 is 0.950 bits per heavy atom. The van der Waals surface area contributed by atoms with E-state index in [1.165, 1.54) is 0 Å². The van der Waals surface area contributed by atoms with Crippen molar-refractivity contribution in [2.75, 3.05) is 0 Å². The third kappa shape index (κ3) is 3.32. The predicted octanol–water partition coefficient (Wildman–Crippen LogP) is 3.18. The summed E-state index contributed by atoms with van der Waals surface area (Å²) in [6.45, 7) is 1.67. The number of carbonyl (C=O) groups is 2. The van der Waals surface area contributed by atoms with Gasteiger partial charge in [-0.1, -0.05) is 61.5 Å². The third-order valence-electron chi connectivity index (χ3n) is 3.22. The lowest BCUT2D eigenvalue weighted by molar-refractivity contribution is -0.141. The molecule has 3 nitrogen and oxygen atoms in total. The van der Waals surface area contributed by atoms with Crippen molar-refractivity contribution < 1.29 is 14.7 Å². The summed E-state index contributed by atoms with van der Waals surface area (Å²) in [6, 6.07) is 16.2. The zero-order valence-electron chi connectivity index (χ0n) is 11.2. The van der Waals surface area contributed by atoms with Crippen LogP contribution in [-0.2, 0) is 11.2 Å². The maximum absolute atomic E-state index is 12.2. The highest BCUT2D eigenvalue weighted by atomic mass is 16.4. The van der Waals surface area contributed by atoms with Gasteiger partial charge in [-0.3, -0.25) is 9.59 Å². The summed E-state index contributed by atoms with van der Waals surface area (Å²) in [7, 11) is 0. The number of rotatable bonds is 5. The fourth-order valence-electron chi connectivity index (χ4n) is 1.99. The third-order valence-corrected chi connectivity index (χ3v) is 3.22. The molecule has 2 rings (SSSR count). The second kappa shape index (κ2) is 6.15. The molecule has 0 aromatic heterocycles. The summed E-state index contributed by atoms with van der Waals surface area (Å²) in [5.74, 6) is -1.26. The molecule has 0 bridgehead atoms. The second-order valence-electron chi connectivity index (χ2n) is 4.84. The monoisotopic (exact) mass is 268 g/mol. The maximum Gasteiger partial charge on any atom is 0.306 e. The second-order valence-corrected chi connectivity index (χ2v) is 4.84. The molecule has 2 aromatic rings. The Hall–Kier alpha value is -2.42. The molecule has 20 heavy (non-hydrogen) atoms. The van der Waals surface area contributed by atoms with E-state index in [0.29, 0.717) is 17.5 Å². The summed E-state index contributed by atoms with van der Waals surface area (Å²) >= 11 is 0. The quantitative estimate of drug-likeness (QED) is 0.847. The Balaban J connectivity index is 2.12. The average Bonchev–Trinajstić information content (AvgIpc) is 2.48. The van der Waals surface area contributed by atoms with Crippen LogP contribution in [0.25, 0.3) is 0 Å². The number of ketones is 1. The van der Waals surface area contributed by atoms with E-state index in [0.717, 1.165) is 5.56 Å². The van der Waals surface area contributed by atoms with Crippen molar-refractivity contribution in [1.82, 2.24) is 0 Å². The molecule has 0 heterocycles. The molecule has 102 valence electrons. The summed E-state index contributed by atoms with van der Waals surface area (Å²) in [5.41, 5.74) is 2.19. The number of benzene rings is 2. The fourth-order valence-corrected chi connectivity index (χ4v) is 1.99. The van der Waals surface area contributed by atoms with Gasteiger partial charge in [-0.05, 0) is 12.0 Å². The molecule has 1 atom stereocenters. The van der Waals surface area contributed by atoms with E-state index in [9.17, 15) is 9.59 Å². The van der Waals surface area contributed by atoms with Crippen molar-refractivity contribution >= 4 is 11.8 Å². The lowest BCUT2D eigenvalue weighted by Crippen LogP contribution is -2.12. The van der Waals surface area contributed by atoms with Crippen LogP contribution in [0.3, 0.4) is 0 Å². The van der Waals surface area contributed by atoms with Gasteiger partial charge in [-0.2, -0.15) is 0 Å². The number of carboxylic acid groups (broad SMARTS) is 1. The minimum absolute atomic E-state index is 0.0246. The number of hydrogen-bond donors (Lipinski definition) is 1. The van der Waals surface area contributed by atoms with E-state index < -0.39 is 11.9 Å². The molecule has 0 fully saturated rings. The van der Waals surface area contributed by atoms with Gasteiger partial charge < -0.3 is 5.11 Å². The molecule has 0 spiro atoms. The summed E-state index contributed by atoms with van der Waals surface area (Å²) in [6.07, 6.45) is 0.467. The van der Waals surface area contributed by atoms with Gasteiger partial charge in [0, 0.05) is 11.1 Å². The Bertz CT molecular complexity index is 600. The molecular weight excluding hydrogens is 252 g/mol. The molecule has 2 aromatic carbocycles. The van der Waals surface area contributed by atoms with Gasteiger partial charge in [0.05, 0.1) is 5.92 Å². The van der Waals surface area contributed by atoms with Crippen molar-refractivity contribution in [1.29, 1.82) is 0 Å². The van der Waals surface area contributed by atoms with E-state index in [1.54, 1.807) is 31.2 Å². The Kier molecular flexibility index (Phi) is 4.31. The highest BCUT2D eigenvalue weighted by Gasteiger charge is 2.12. The lowest BCUT2D eigenvalue weighted by atomic mass is 9.98. The Labute approximate surface area is 117 Å². The van der Waals surface area contributed by atoms with Crippen molar-refractivity contribution in [3.63, 3.8) is 0 Å². The molecular formula is C17H16O3. The molecule has 0 radical (unpaired) electrons. The average molecular weight is 268 g/mol. The zero-order valence-corrected chi connectivity index (χ0v) is 11.2. The molecule has 3 heteroatoms. The minimum atomic E-state index is -0.811. The van der Waals surface area contributed by atoms with Crippen LogP contribution in [0.4, 0.5) is 0 Å². The van der Waals surface area contributed by atoms with Gasteiger partial charge in [0.2, 0.25) is 0 Å². The summed E-state index contributed by atoms with van der Waals surface area (Å²) in [5, 5.41) is 8.88. The van der Waals surface area contributed by atoms with Crippen LogP contribution in [0.15, 0.2) is 54.6 Å². The Morgan fingerprint density at radius 2 is 1.50 bits per heavy atom. The first kappa shape index (κ1) is 14.0. The molecule has 0 saturated heterocycles. The van der Waals surface area contributed by atoms with E-state index in [-0.39, 0.29) is 5.78 Å². The van der Waals surface area contributed by atoms with Crippen molar-refractivity contribution in [3.05, 3.63) is 71.3 Å². The van der Waals surface area contributed by atoms with Gasteiger partial charge in [0.1, 0.15) is 0 Å². The first-order valence-corrected chi connectivity index (χ1v) is 6.49. The van der Waals surface area contributed by atoms with Crippen LogP contribution in [0.1, 0.15) is 28.4 Å². The normalized spacial score (nSPS) is 11.8. The highest BCUT2D eigenvalue weighted by Crippen LogP contribution is 2.13. The molecule has 0 aliphatic heterocycles. The van der Waals surface area contributed by atoms with E-state index in [4.69, 9.17) is 5.11 Å². The van der Waals surface area contributed by atoms with Gasteiger partial charge in [0.15, 0.2) is 5.78 Å². The van der Waals surface area contributed by atoms with E-state index in [2.05, 4.69) is 0 Å². The van der Waals surface area contributed by atoms with Crippen LogP contribution >= 0.6 is 0 Å². The number of hydrogen-bond acceptors (Lipinski definition) is 2. The maximum atomic E-state index is 12.2. The smallest absolute Gasteiger partial charge is 0.306 e. The van der Waals surface area contributed by atoms with Gasteiger partial charge in [-0.25, -0.2) is 0 Å². The van der Waals surface area contributed by atoms with Gasteiger partial charge in [0.25, 0.3) is 0 Å². The van der Waals surface area contributed by atoms with Crippen LogP contribution in [0, 0.1) is 5.92 Å². The summed E-state index contributed by atoms with van der Waals surface area (Å²) < 4.78 is 0. The number of carbonyl (C=O) groups excluding carboxylic acids is 1. The standard InChI is InChI=1S/C17H16O3/c1-12(17(19)20)11-13-7-9-15(10-8-13)16(18)14-5-3-2-4-6-14/h2-10,12H,11H2,1H3,(H,19,20).